The molecule has 2 aromatic carbocycles. The Morgan fingerprint density at radius 2 is 1.61 bits per heavy atom. The lowest BCUT2D eigenvalue weighted by Crippen LogP contribution is -2.44. The van der Waals surface area contributed by atoms with Crippen LogP contribution in [0.1, 0.15) is 31.2 Å². The molecule has 31 heavy (non-hydrogen) atoms. The Morgan fingerprint density at radius 1 is 1.00 bits per heavy atom. The van der Waals surface area contributed by atoms with Crippen LogP contribution < -0.4 is 13.8 Å². The second kappa shape index (κ2) is 9.60. The number of sulfonamides is 1. The molecule has 1 saturated carbocycles. The lowest BCUT2D eigenvalue weighted by atomic mass is 10.2. The largest absolute Gasteiger partial charge is 0.493 e. The number of methoxy groups -OCH3 is 2. The number of hydrogen-bond acceptors (Lipinski definition) is 5. The lowest BCUT2D eigenvalue weighted by molar-refractivity contribution is -0.130. The second-order valence-corrected chi connectivity index (χ2v) is 9.67. The van der Waals surface area contributed by atoms with E-state index in [4.69, 9.17) is 9.47 Å². The predicted octanol–water partition coefficient (Wildman–Crippen LogP) is 3.61. The summed E-state index contributed by atoms with van der Waals surface area (Å²) in [6.07, 6.45) is 4.07. The van der Waals surface area contributed by atoms with Gasteiger partial charge in [0.2, 0.25) is 5.91 Å². The molecule has 1 aliphatic carbocycles. The summed E-state index contributed by atoms with van der Waals surface area (Å²) in [5.74, 6) is 0.631. The number of nitrogens with zero attached hydrogens (tertiary/aromatic N) is 2. The van der Waals surface area contributed by atoms with Crippen LogP contribution in [0.15, 0.2) is 47.4 Å². The SMILES string of the molecule is COc1ccc(N(CC(=O)N(C)C2CCCC2)S(=O)(=O)c2ccc(C)cc2)cc1OC. The first kappa shape index (κ1) is 22.9. The van der Waals surface area contributed by atoms with Crippen LogP contribution in [-0.2, 0) is 14.8 Å². The average Bonchev–Trinajstić information content (AvgIpc) is 3.31. The molecule has 0 bridgehead atoms. The fourth-order valence-corrected chi connectivity index (χ4v) is 5.27. The van der Waals surface area contributed by atoms with Crippen molar-refractivity contribution in [2.45, 2.75) is 43.5 Å². The number of aryl methyl sites for hydroxylation is 1. The highest BCUT2D eigenvalue weighted by molar-refractivity contribution is 7.92. The molecule has 0 unspecified atom stereocenters. The molecule has 0 atom stereocenters. The fraction of sp³-hybridized carbons (Fsp3) is 0.435. The Hall–Kier alpha value is -2.74. The van der Waals surface area contributed by atoms with E-state index in [0.717, 1.165) is 35.6 Å². The van der Waals surface area contributed by atoms with Gasteiger partial charge in [0.25, 0.3) is 10.0 Å². The van der Waals surface area contributed by atoms with Gasteiger partial charge in [0.1, 0.15) is 6.54 Å². The molecule has 0 heterocycles. The van der Waals surface area contributed by atoms with Crippen molar-refractivity contribution in [1.29, 1.82) is 0 Å². The van der Waals surface area contributed by atoms with Crippen LogP contribution in [0, 0.1) is 6.92 Å². The third kappa shape index (κ3) is 4.95. The highest BCUT2D eigenvalue weighted by atomic mass is 32.2. The normalized spacial score (nSPS) is 14.3. The summed E-state index contributed by atoms with van der Waals surface area (Å²) in [5, 5.41) is 0. The minimum absolute atomic E-state index is 0.129. The van der Waals surface area contributed by atoms with Gasteiger partial charge in [0.05, 0.1) is 24.8 Å². The van der Waals surface area contributed by atoms with Crippen LogP contribution in [0.3, 0.4) is 0 Å². The Morgan fingerprint density at radius 3 is 2.19 bits per heavy atom. The van der Waals surface area contributed by atoms with Crippen LogP contribution in [0.5, 0.6) is 11.5 Å². The summed E-state index contributed by atoms with van der Waals surface area (Å²) in [7, 11) is 0.773. The summed E-state index contributed by atoms with van der Waals surface area (Å²) in [6, 6.07) is 11.6. The minimum atomic E-state index is -3.98. The topological polar surface area (TPSA) is 76.2 Å². The zero-order valence-electron chi connectivity index (χ0n) is 18.5. The second-order valence-electron chi connectivity index (χ2n) is 7.81. The molecule has 0 radical (unpaired) electrons. The molecular weight excluding hydrogens is 416 g/mol. The number of likely N-dealkylation sites (N-methyl/N-ethyl adjacent to an activating group) is 1. The molecule has 7 nitrogen and oxygen atoms in total. The predicted molar refractivity (Wildman–Crippen MR) is 120 cm³/mol. The zero-order valence-corrected chi connectivity index (χ0v) is 19.3. The Kier molecular flexibility index (Phi) is 7.10. The lowest BCUT2D eigenvalue weighted by Gasteiger charge is -2.29. The van der Waals surface area contributed by atoms with E-state index in [9.17, 15) is 13.2 Å². The monoisotopic (exact) mass is 446 g/mol. The van der Waals surface area contributed by atoms with Crippen molar-refractivity contribution in [3.63, 3.8) is 0 Å². The molecule has 0 aliphatic heterocycles. The molecular formula is C23H30N2O5S. The van der Waals surface area contributed by atoms with E-state index >= 15 is 0 Å². The quantitative estimate of drug-likeness (QED) is 0.619. The first-order valence-corrected chi connectivity index (χ1v) is 11.8. The number of amides is 1. The minimum Gasteiger partial charge on any atom is -0.493 e. The van der Waals surface area contributed by atoms with Gasteiger partial charge in [-0.2, -0.15) is 0 Å². The smallest absolute Gasteiger partial charge is 0.264 e. The maximum absolute atomic E-state index is 13.6. The maximum Gasteiger partial charge on any atom is 0.264 e. The van der Waals surface area contributed by atoms with Crippen molar-refractivity contribution in [3.05, 3.63) is 48.0 Å². The molecule has 1 amide bonds. The number of benzene rings is 2. The van der Waals surface area contributed by atoms with Gasteiger partial charge in [-0.3, -0.25) is 9.10 Å². The van der Waals surface area contributed by atoms with Gasteiger partial charge in [-0.1, -0.05) is 30.5 Å². The summed E-state index contributed by atoms with van der Waals surface area (Å²) in [6.45, 7) is 1.60. The molecule has 0 aromatic heterocycles. The molecule has 1 aliphatic rings. The van der Waals surface area contributed by atoms with Crippen LogP contribution in [0.2, 0.25) is 0 Å². The molecule has 1 fully saturated rings. The van der Waals surface area contributed by atoms with Crippen LogP contribution >= 0.6 is 0 Å². The highest BCUT2D eigenvalue weighted by Gasteiger charge is 2.31. The van der Waals surface area contributed by atoms with E-state index in [1.54, 1.807) is 54.4 Å². The van der Waals surface area contributed by atoms with Gasteiger partial charge in [-0.05, 0) is 44.0 Å². The summed E-state index contributed by atoms with van der Waals surface area (Å²) >= 11 is 0. The van der Waals surface area contributed by atoms with Crippen LogP contribution in [-0.4, -0.2) is 53.1 Å². The number of anilines is 1. The summed E-state index contributed by atoms with van der Waals surface area (Å²) < 4.78 is 38.9. The molecule has 168 valence electrons. The van der Waals surface area contributed by atoms with E-state index < -0.39 is 10.0 Å². The first-order chi connectivity index (χ1) is 14.8. The standard InChI is InChI=1S/C23H30N2O5S/c1-17-9-12-20(13-10-17)31(27,28)25(16-23(26)24(2)18-7-5-6-8-18)19-11-14-21(29-3)22(15-19)30-4/h9-15,18H,5-8,16H2,1-4H3. The highest BCUT2D eigenvalue weighted by Crippen LogP contribution is 2.34. The molecule has 8 heteroatoms. The van der Waals surface area contributed by atoms with Gasteiger partial charge in [-0.25, -0.2) is 8.42 Å². The average molecular weight is 447 g/mol. The van der Waals surface area contributed by atoms with E-state index in [1.807, 2.05) is 6.92 Å². The van der Waals surface area contributed by atoms with Crippen molar-refractivity contribution in [2.24, 2.45) is 0 Å². The van der Waals surface area contributed by atoms with Crippen molar-refractivity contribution in [1.82, 2.24) is 4.90 Å². The molecule has 0 saturated heterocycles. The number of carbonyl (C=O) groups excluding carboxylic acids is 1. The number of ether oxygens (including phenoxy) is 2. The Labute approximate surface area is 184 Å². The van der Waals surface area contributed by atoms with Crippen LogP contribution in [0.4, 0.5) is 5.69 Å². The molecule has 0 N–H and O–H groups in total. The molecule has 0 spiro atoms. The first-order valence-electron chi connectivity index (χ1n) is 10.3. The van der Waals surface area contributed by atoms with Crippen molar-refractivity contribution >= 4 is 21.6 Å². The number of carbonyl (C=O) groups is 1. The van der Waals surface area contributed by atoms with Crippen molar-refractivity contribution < 1.29 is 22.7 Å². The van der Waals surface area contributed by atoms with Gasteiger partial charge >= 0.3 is 0 Å². The zero-order chi connectivity index (χ0) is 22.6. The molecule has 2 aromatic rings. The Bertz CT molecular complexity index is 1010. The van der Waals surface area contributed by atoms with Gasteiger partial charge in [0.15, 0.2) is 11.5 Å². The maximum atomic E-state index is 13.6. The molecule has 3 rings (SSSR count). The number of hydrogen-bond donors (Lipinski definition) is 0. The summed E-state index contributed by atoms with van der Waals surface area (Å²) in [4.78, 5) is 14.9. The van der Waals surface area contributed by atoms with E-state index in [1.165, 1.54) is 14.2 Å². The third-order valence-electron chi connectivity index (χ3n) is 5.81. The van der Waals surface area contributed by atoms with E-state index in [2.05, 4.69) is 0 Å². The Balaban J connectivity index is 2.01. The van der Waals surface area contributed by atoms with Gasteiger partial charge in [0, 0.05) is 19.2 Å². The summed E-state index contributed by atoms with van der Waals surface area (Å²) in [5.41, 5.74) is 1.29. The third-order valence-corrected chi connectivity index (χ3v) is 7.60. The van der Waals surface area contributed by atoms with E-state index in [0.29, 0.717) is 17.2 Å². The fourth-order valence-electron chi connectivity index (χ4n) is 3.86. The van der Waals surface area contributed by atoms with E-state index in [-0.39, 0.29) is 23.4 Å². The van der Waals surface area contributed by atoms with Crippen LogP contribution in [0.25, 0.3) is 0 Å². The number of rotatable bonds is 8. The van der Waals surface area contributed by atoms with Crippen molar-refractivity contribution in [2.75, 3.05) is 32.1 Å². The van der Waals surface area contributed by atoms with Crippen molar-refractivity contribution in [3.8, 4) is 11.5 Å². The van der Waals surface area contributed by atoms with Gasteiger partial charge in [-0.15, -0.1) is 0 Å². The van der Waals surface area contributed by atoms with Gasteiger partial charge < -0.3 is 14.4 Å².